The van der Waals surface area contributed by atoms with Crippen molar-refractivity contribution in [3.63, 3.8) is 0 Å². The first-order valence-electron chi connectivity index (χ1n) is 6.90. The lowest BCUT2D eigenvalue weighted by molar-refractivity contribution is -0.130. The number of carbonyl (C=O) groups excluding carboxylic acids is 3. The molecule has 0 aliphatic carbocycles. The first-order chi connectivity index (χ1) is 10.9. The fraction of sp³-hybridized carbons (Fsp3) is 0.188. The van der Waals surface area contributed by atoms with Crippen LogP contribution in [0, 0.1) is 0 Å². The molecule has 2 aromatic rings. The Hall–Kier alpha value is -2.18. The highest BCUT2D eigenvalue weighted by atomic mass is 35.5. The number of halogens is 1. The van der Waals surface area contributed by atoms with Crippen molar-refractivity contribution in [2.75, 3.05) is 6.54 Å². The Morgan fingerprint density at radius 1 is 1.22 bits per heavy atom. The third-order valence-electron chi connectivity index (χ3n) is 3.78. The van der Waals surface area contributed by atoms with Crippen molar-refractivity contribution in [3.05, 3.63) is 57.2 Å². The Kier molecular flexibility index (Phi) is 3.95. The zero-order valence-electron chi connectivity index (χ0n) is 12.2. The summed E-state index contributed by atoms with van der Waals surface area (Å²) in [4.78, 5) is 38.4. The summed E-state index contributed by atoms with van der Waals surface area (Å²) in [5, 5.41) is 2.67. The van der Waals surface area contributed by atoms with Crippen molar-refractivity contribution < 1.29 is 14.4 Å². The Balaban J connectivity index is 1.83. The molecular weight excluding hydrogens is 336 g/mol. The van der Waals surface area contributed by atoms with E-state index in [4.69, 9.17) is 11.6 Å². The van der Waals surface area contributed by atoms with Crippen molar-refractivity contribution in [3.8, 4) is 0 Å². The second-order valence-corrected chi connectivity index (χ2v) is 7.05. The van der Waals surface area contributed by atoms with Gasteiger partial charge in [-0.15, -0.1) is 11.3 Å². The van der Waals surface area contributed by atoms with Crippen molar-refractivity contribution in [1.82, 2.24) is 10.2 Å². The van der Waals surface area contributed by atoms with Crippen LogP contribution in [-0.4, -0.2) is 29.2 Å². The molecule has 1 aliphatic rings. The van der Waals surface area contributed by atoms with Crippen LogP contribution in [0.25, 0.3) is 0 Å². The number of ketones is 1. The standard InChI is InChI=1S/C16H13ClN2O3S/c1-16(10-5-3-2-4-6-10)14(21)19(15(22)18-16)9-11(20)12-7-8-13(17)23-12/h2-8H,9H2,1H3,(H,18,22)/t16-/m1/s1. The molecule has 23 heavy (non-hydrogen) atoms. The minimum absolute atomic E-state index is 0.302. The average Bonchev–Trinajstić information content (AvgIpc) is 3.06. The normalized spacial score (nSPS) is 20.7. The average molecular weight is 349 g/mol. The molecule has 3 rings (SSSR count). The first kappa shape index (κ1) is 15.7. The van der Waals surface area contributed by atoms with Crippen LogP contribution in [0.15, 0.2) is 42.5 Å². The highest BCUT2D eigenvalue weighted by Gasteiger charge is 2.49. The molecule has 1 aliphatic heterocycles. The largest absolute Gasteiger partial charge is 0.325 e. The monoisotopic (exact) mass is 348 g/mol. The van der Waals surface area contributed by atoms with Gasteiger partial charge in [0.2, 0.25) is 0 Å². The number of hydrogen-bond acceptors (Lipinski definition) is 4. The quantitative estimate of drug-likeness (QED) is 0.682. The summed E-state index contributed by atoms with van der Waals surface area (Å²) in [5.74, 6) is -0.757. The number of benzene rings is 1. The van der Waals surface area contributed by atoms with E-state index in [0.717, 1.165) is 16.2 Å². The summed E-state index contributed by atoms with van der Waals surface area (Å²) in [6.07, 6.45) is 0. The number of amides is 3. The lowest BCUT2D eigenvalue weighted by atomic mass is 9.92. The van der Waals surface area contributed by atoms with Gasteiger partial charge in [0, 0.05) is 0 Å². The molecule has 1 fully saturated rings. The van der Waals surface area contributed by atoms with E-state index >= 15 is 0 Å². The maximum absolute atomic E-state index is 12.7. The highest BCUT2D eigenvalue weighted by Crippen LogP contribution is 2.29. The van der Waals surface area contributed by atoms with Gasteiger partial charge in [-0.3, -0.25) is 14.5 Å². The number of urea groups is 1. The number of nitrogens with one attached hydrogen (secondary N) is 1. The zero-order chi connectivity index (χ0) is 16.6. The minimum atomic E-state index is -1.16. The molecule has 7 heteroatoms. The van der Waals surface area contributed by atoms with Gasteiger partial charge in [-0.1, -0.05) is 41.9 Å². The molecule has 1 saturated heterocycles. The lowest BCUT2D eigenvalue weighted by Gasteiger charge is -2.21. The predicted molar refractivity (Wildman–Crippen MR) is 87.7 cm³/mol. The summed E-state index contributed by atoms with van der Waals surface area (Å²) >= 11 is 6.93. The van der Waals surface area contributed by atoms with Crippen LogP contribution in [0.1, 0.15) is 22.2 Å². The zero-order valence-corrected chi connectivity index (χ0v) is 13.8. The van der Waals surface area contributed by atoms with Crippen LogP contribution < -0.4 is 5.32 Å². The fourth-order valence-electron chi connectivity index (χ4n) is 2.49. The van der Waals surface area contributed by atoms with Gasteiger partial charge >= 0.3 is 6.03 Å². The molecule has 1 atom stereocenters. The maximum Gasteiger partial charge on any atom is 0.325 e. The van der Waals surface area contributed by atoms with Crippen molar-refractivity contribution in [1.29, 1.82) is 0 Å². The van der Waals surface area contributed by atoms with Gasteiger partial charge in [-0.25, -0.2) is 4.79 Å². The van der Waals surface area contributed by atoms with Crippen LogP contribution >= 0.6 is 22.9 Å². The summed E-state index contributed by atoms with van der Waals surface area (Å²) < 4.78 is 0.486. The third kappa shape index (κ3) is 2.75. The molecule has 0 spiro atoms. The van der Waals surface area contributed by atoms with E-state index in [-0.39, 0.29) is 12.3 Å². The number of rotatable bonds is 4. The molecule has 0 unspecified atom stereocenters. The number of nitrogens with zero attached hydrogens (tertiary/aromatic N) is 1. The van der Waals surface area contributed by atoms with E-state index in [2.05, 4.69) is 5.32 Å². The van der Waals surface area contributed by atoms with Gasteiger partial charge in [-0.05, 0) is 24.6 Å². The molecule has 1 N–H and O–H groups in total. The fourth-order valence-corrected chi connectivity index (χ4v) is 3.47. The van der Waals surface area contributed by atoms with E-state index in [1.165, 1.54) is 0 Å². The van der Waals surface area contributed by atoms with Gasteiger partial charge < -0.3 is 5.32 Å². The Morgan fingerprint density at radius 2 is 1.91 bits per heavy atom. The van der Waals surface area contributed by atoms with Gasteiger partial charge in [-0.2, -0.15) is 0 Å². The van der Waals surface area contributed by atoms with Gasteiger partial charge in [0.05, 0.1) is 15.8 Å². The number of Topliss-reactive ketones (excluding diaryl/α,β-unsaturated/α-hetero) is 1. The van der Waals surface area contributed by atoms with Crippen LogP contribution in [0.5, 0.6) is 0 Å². The Morgan fingerprint density at radius 3 is 2.52 bits per heavy atom. The van der Waals surface area contributed by atoms with E-state index < -0.39 is 17.5 Å². The molecule has 1 aromatic carbocycles. The molecule has 5 nitrogen and oxygen atoms in total. The van der Waals surface area contributed by atoms with Crippen LogP contribution in [-0.2, 0) is 10.3 Å². The molecule has 118 valence electrons. The van der Waals surface area contributed by atoms with Gasteiger partial charge in [0.25, 0.3) is 5.91 Å². The van der Waals surface area contributed by atoms with E-state index in [9.17, 15) is 14.4 Å². The van der Waals surface area contributed by atoms with Gasteiger partial charge in [0.1, 0.15) is 5.54 Å². The molecular formula is C16H13ClN2O3S. The molecule has 2 heterocycles. The second-order valence-electron chi connectivity index (χ2n) is 5.34. The SMILES string of the molecule is C[C@]1(c2ccccc2)NC(=O)N(CC(=O)c2ccc(Cl)s2)C1=O. The summed E-state index contributed by atoms with van der Waals surface area (Å²) in [6.45, 7) is 1.33. The van der Waals surface area contributed by atoms with Crippen molar-refractivity contribution in [2.24, 2.45) is 0 Å². The number of carbonyl (C=O) groups is 3. The number of hydrogen-bond donors (Lipinski definition) is 1. The van der Waals surface area contributed by atoms with E-state index in [1.54, 1.807) is 43.3 Å². The molecule has 0 saturated carbocycles. The van der Waals surface area contributed by atoms with Crippen LogP contribution in [0.3, 0.4) is 0 Å². The second kappa shape index (κ2) is 5.79. The molecule has 1 aromatic heterocycles. The van der Waals surface area contributed by atoms with Crippen molar-refractivity contribution in [2.45, 2.75) is 12.5 Å². The highest BCUT2D eigenvalue weighted by molar-refractivity contribution is 7.18. The van der Waals surface area contributed by atoms with Crippen LogP contribution in [0.2, 0.25) is 4.34 Å². The van der Waals surface area contributed by atoms with Gasteiger partial charge in [0.15, 0.2) is 5.78 Å². The lowest BCUT2D eigenvalue weighted by Crippen LogP contribution is -2.41. The maximum atomic E-state index is 12.7. The van der Waals surface area contributed by atoms with Crippen LogP contribution in [0.4, 0.5) is 4.79 Å². The summed E-state index contributed by atoms with van der Waals surface area (Å²) in [6, 6.07) is 11.6. The third-order valence-corrected chi connectivity index (χ3v) is 5.05. The number of imide groups is 1. The summed E-state index contributed by atoms with van der Waals surface area (Å²) in [5.41, 5.74) is -0.487. The summed E-state index contributed by atoms with van der Waals surface area (Å²) in [7, 11) is 0. The molecule has 0 bridgehead atoms. The Bertz CT molecular complexity index is 790. The predicted octanol–water partition coefficient (Wildman–Crippen LogP) is 3.05. The number of thiophene rings is 1. The minimum Gasteiger partial charge on any atom is -0.319 e. The van der Waals surface area contributed by atoms with E-state index in [1.807, 2.05) is 6.07 Å². The molecule has 3 amide bonds. The smallest absolute Gasteiger partial charge is 0.319 e. The molecule has 0 radical (unpaired) electrons. The topological polar surface area (TPSA) is 66.5 Å². The first-order valence-corrected chi connectivity index (χ1v) is 8.09. The van der Waals surface area contributed by atoms with Crippen molar-refractivity contribution >= 4 is 40.7 Å². The Labute approximate surface area is 141 Å². The van der Waals surface area contributed by atoms with E-state index in [0.29, 0.717) is 14.8 Å².